The topological polar surface area (TPSA) is 54.3 Å². The number of aromatic nitrogens is 1. The van der Waals surface area contributed by atoms with Gasteiger partial charge in [-0.2, -0.15) is 5.01 Å². The van der Waals surface area contributed by atoms with Crippen LogP contribution in [0.2, 0.25) is 5.02 Å². The summed E-state index contributed by atoms with van der Waals surface area (Å²) in [5.41, 5.74) is 4.66. The van der Waals surface area contributed by atoms with E-state index in [1.807, 2.05) is 35.0 Å². The predicted octanol–water partition coefficient (Wildman–Crippen LogP) is 6.93. The third kappa shape index (κ3) is 4.32. The summed E-state index contributed by atoms with van der Waals surface area (Å²) in [6.07, 6.45) is 10.2. The molecule has 0 radical (unpaired) electrons. The number of carbonyl (C=O) groups excluding carboxylic acids is 2. The number of hydrazine groups is 1. The van der Waals surface area contributed by atoms with Crippen LogP contribution in [0.25, 0.3) is 17.0 Å². The van der Waals surface area contributed by atoms with Crippen molar-refractivity contribution in [3.8, 4) is 0 Å². The number of halogens is 2. The maximum absolute atomic E-state index is 14.5. The molecule has 4 saturated carbocycles. The van der Waals surface area contributed by atoms with Crippen molar-refractivity contribution in [2.45, 2.75) is 45.1 Å². The Bertz CT molecular complexity index is 1530. The van der Waals surface area contributed by atoms with E-state index >= 15 is 0 Å². The molecule has 1 saturated heterocycles. The zero-order chi connectivity index (χ0) is 26.9. The Balaban J connectivity index is 1.15. The first-order chi connectivity index (χ1) is 18.8. The lowest BCUT2D eigenvalue weighted by Gasteiger charge is -2.55. The van der Waals surface area contributed by atoms with E-state index in [2.05, 4.69) is 5.43 Å². The molecule has 5 aliphatic rings. The standard InChI is InChI=1S/C30H27ClFN3O2S2/c31-23-5-3-6-24(32)22(23)16-34-15-20(21-4-1-2-7-25(21)34)11-26-27(36)35(29(38)39-26)33-28(37)30-12-17-8-18(13-30)10-19(9-17)14-30/h1-7,11,15,17-19H,8-10,12-14,16H2,(H,33,37)/b26-11+. The van der Waals surface area contributed by atoms with Crippen molar-refractivity contribution < 1.29 is 14.0 Å². The molecule has 0 spiro atoms. The maximum Gasteiger partial charge on any atom is 0.285 e. The molecule has 9 heteroatoms. The average molecular weight is 580 g/mol. The summed E-state index contributed by atoms with van der Waals surface area (Å²) >= 11 is 13.0. The molecule has 5 fully saturated rings. The van der Waals surface area contributed by atoms with E-state index in [-0.39, 0.29) is 29.6 Å². The lowest BCUT2D eigenvalue weighted by molar-refractivity contribution is -0.152. The molecule has 4 aliphatic carbocycles. The van der Waals surface area contributed by atoms with E-state index in [1.165, 1.54) is 42.1 Å². The fraction of sp³-hybridized carbons (Fsp3) is 0.367. The van der Waals surface area contributed by atoms with Crippen LogP contribution in [0.5, 0.6) is 0 Å². The van der Waals surface area contributed by atoms with Crippen LogP contribution < -0.4 is 5.43 Å². The van der Waals surface area contributed by atoms with Gasteiger partial charge >= 0.3 is 0 Å². The summed E-state index contributed by atoms with van der Waals surface area (Å²) in [5, 5.41) is 2.54. The fourth-order valence-corrected chi connectivity index (χ4v) is 9.08. The largest absolute Gasteiger partial charge is 0.342 e. The van der Waals surface area contributed by atoms with Gasteiger partial charge in [-0.1, -0.05) is 47.6 Å². The number of thioether (sulfide) groups is 1. The molecule has 200 valence electrons. The second-order valence-electron chi connectivity index (χ2n) is 11.6. The molecule has 3 aromatic rings. The lowest BCUT2D eigenvalue weighted by Crippen LogP contribution is -2.57. The van der Waals surface area contributed by atoms with Crippen LogP contribution in [-0.2, 0) is 16.1 Å². The number of rotatable bonds is 5. The first-order valence-electron chi connectivity index (χ1n) is 13.4. The molecule has 8 rings (SSSR count). The zero-order valence-corrected chi connectivity index (χ0v) is 23.6. The summed E-state index contributed by atoms with van der Waals surface area (Å²) in [7, 11) is 0. The van der Waals surface area contributed by atoms with Crippen LogP contribution in [0, 0.1) is 29.0 Å². The Hall–Kier alpha value is -2.68. The molecule has 2 aromatic carbocycles. The number of nitrogens with zero attached hydrogens (tertiary/aromatic N) is 2. The number of fused-ring (bicyclic) bond motifs is 1. The molecule has 5 nitrogen and oxygen atoms in total. The third-order valence-corrected chi connectivity index (χ3v) is 10.7. The van der Waals surface area contributed by atoms with Gasteiger partial charge in [-0.05, 0) is 92.8 Å². The molecule has 1 aliphatic heterocycles. The van der Waals surface area contributed by atoms with Gasteiger partial charge in [-0.15, -0.1) is 0 Å². The minimum atomic E-state index is -0.372. The molecular formula is C30H27ClFN3O2S2. The van der Waals surface area contributed by atoms with Crippen molar-refractivity contribution in [3.05, 3.63) is 75.5 Å². The lowest BCUT2D eigenvalue weighted by atomic mass is 9.49. The quantitative estimate of drug-likeness (QED) is 0.263. The van der Waals surface area contributed by atoms with Crippen molar-refractivity contribution in [1.82, 2.24) is 15.0 Å². The summed E-state index contributed by atoms with van der Waals surface area (Å²) in [4.78, 5) is 27.5. The summed E-state index contributed by atoms with van der Waals surface area (Å²) in [6.45, 7) is 0.252. The molecule has 2 amide bonds. The number of hydrogen-bond donors (Lipinski definition) is 1. The van der Waals surface area contributed by atoms with Crippen molar-refractivity contribution >= 4 is 68.7 Å². The average Bonchev–Trinajstić information content (AvgIpc) is 3.37. The Morgan fingerprint density at radius 1 is 1.10 bits per heavy atom. The van der Waals surface area contributed by atoms with Gasteiger partial charge in [-0.3, -0.25) is 15.0 Å². The number of carbonyl (C=O) groups is 2. The normalized spacial score (nSPS) is 28.7. The van der Waals surface area contributed by atoms with E-state index in [0.717, 1.165) is 35.7 Å². The van der Waals surface area contributed by atoms with Crippen molar-refractivity contribution in [2.75, 3.05) is 0 Å². The second kappa shape index (κ2) is 9.46. The third-order valence-electron chi connectivity index (χ3n) is 9.02. The SMILES string of the molecule is O=C1/C(=C\c2cn(Cc3c(F)cccc3Cl)c3ccccc23)SC(=S)N1NC(=O)C12CC3CC(CC(C3)C1)C2. The van der Waals surface area contributed by atoms with E-state index in [4.69, 9.17) is 23.8 Å². The molecular weight excluding hydrogens is 553 g/mol. The van der Waals surface area contributed by atoms with Crippen LogP contribution in [0.1, 0.15) is 49.7 Å². The molecule has 1 aromatic heterocycles. The minimum Gasteiger partial charge on any atom is -0.342 e. The van der Waals surface area contributed by atoms with Gasteiger partial charge in [0.15, 0.2) is 4.32 Å². The van der Waals surface area contributed by atoms with Crippen LogP contribution in [0.3, 0.4) is 0 Å². The van der Waals surface area contributed by atoms with Crippen LogP contribution >= 0.6 is 35.6 Å². The molecule has 0 atom stereocenters. The Kier molecular flexibility index (Phi) is 6.14. The number of para-hydroxylation sites is 1. The maximum atomic E-state index is 14.5. The Labute approximate surface area is 240 Å². The van der Waals surface area contributed by atoms with Crippen molar-refractivity contribution in [2.24, 2.45) is 23.2 Å². The molecule has 4 bridgehead atoms. The minimum absolute atomic E-state index is 0.0579. The monoisotopic (exact) mass is 579 g/mol. The van der Waals surface area contributed by atoms with E-state index in [1.54, 1.807) is 18.2 Å². The zero-order valence-electron chi connectivity index (χ0n) is 21.2. The van der Waals surface area contributed by atoms with Crippen LogP contribution in [-0.4, -0.2) is 25.7 Å². The number of nitrogens with one attached hydrogen (secondary N) is 1. The first-order valence-corrected chi connectivity index (χ1v) is 15.0. The highest BCUT2D eigenvalue weighted by Crippen LogP contribution is 2.60. The molecule has 39 heavy (non-hydrogen) atoms. The molecule has 2 heterocycles. The van der Waals surface area contributed by atoms with Gasteiger partial charge in [-0.25, -0.2) is 4.39 Å². The Morgan fingerprint density at radius 3 is 2.49 bits per heavy atom. The van der Waals surface area contributed by atoms with Crippen LogP contribution in [0.15, 0.2) is 53.6 Å². The van der Waals surface area contributed by atoms with Crippen LogP contribution in [0.4, 0.5) is 4.39 Å². The van der Waals surface area contributed by atoms with Crippen molar-refractivity contribution in [1.29, 1.82) is 0 Å². The van der Waals surface area contributed by atoms with Gasteiger partial charge in [0.2, 0.25) is 5.91 Å². The van der Waals surface area contributed by atoms with E-state index in [0.29, 0.717) is 37.6 Å². The first kappa shape index (κ1) is 25.3. The summed E-state index contributed by atoms with van der Waals surface area (Å²) in [6, 6.07) is 12.4. The fourth-order valence-electron chi connectivity index (χ4n) is 7.69. The predicted molar refractivity (Wildman–Crippen MR) is 156 cm³/mol. The van der Waals surface area contributed by atoms with Gasteiger partial charge in [0, 0.05) is 33.2 Å². The highest BCUT2D eigenvalue weighted by molar-refractivity contribution is 8.26. The molecule has 1 N–H and O–H groups in total. The summed E-state index contributed by atoms with van der Waals surface area (Å²) in [5.74, 6) is 1.14. The smallest absolute Gasteiger partial charge is 0.285 e. The Morgan fingerprint density at radius 2 is 1.79 bits per heavy atom. The van der Waals surface area contributed by atoms with Gasteiger partial charge in [0.05, 0.1) is 16.9 Å². The van der Waals surface area contributed by atoms with Crippen molar-refractivity contribution in [3.63, 3.8) is 0 Å². The number of hydrogen-bond acceptors (Lipinski definition) is 4. The number of amides is 2. The van der Waals surface area contributed by atoms with Gasteiger partial charge in [0.1, 0.15) is 5.82 Å². The summed E-state index contributed by atoms with van der Waals surface area (Å²) < 4.78 is 16.8. The highest BCUT2D eigenvalue weighted by atomic mass is 35.5. The number of benzene rings is 2. The highest BCUT2D eigenvalue weighted by Gasteiger charge is 2.55. The van der Waals surface area contributed by atoms with Gasteiger partial charge < -0.3 is 4.57 Å². The van der Waals surface area contributed by atoms with E-state index in [9.17, 15) is 14.0 Å². The van der Waals surface area contributed by atoms with Gasteiger partial charge in [0.25, 0.3) is 5.91 Å². The number of thiocarbonyl (C=S) groups is 1. The van der Waals surface area contributed by atoms with E-state index < -0.39 is 0 Å². The molecule has 0 unspecified atom stereocenters. The second-order valence-corrected chi connectivity index (χ2v) is 13.7.